The molecule has 3 heterocycles. The highest BCUT2D eigenvalue weighted by Crippen LogP contribution is 2.46. The molecule has 1 fully saturated rings. The summed E-state index contributed by atoms with van der Waals surface area (Å²) in [6.45, 7) is 0.678. The molecule has 1 aliphatic rings. The number of benzene rings is 1. The molecule has 28 heavy (non-hydrogen) atoms. The van der Waals surface area contributed by atoms with Gasteiger partial charge in [0.05, 0.1) is 26.9 Å². The molecule has 0 bridgehead atoms. The van der Waals surface area contributed by atoms with Crippen LogP contribution in [0.25, 0.3) is 5.52 Å². The van der Waals surface area contributed by atoms with Gasteiger partial charge in [-0.05, 0) is 24.3 Å². The van der Waals surface area contributed by atoms with Crippen molar-refractivity contribution in [2.24, 2.45) is 0 Å². The molecule has 2 aromatic heterocycles. The van der Waals surface area contributed by atoms with E-state index < -0.39 is 0 Å². The number of methoxy groups -OCH3 is 3. The lowest BCUT2D eigenvalue weighted by Crippen LogP contribution is -2.30. The van der Waals surface area contributed by atoms with Crippen molar-refractivity contribution in [1.29, 1.82) is 0 Å². The molecule has 0 aliphatic carbocycles. The van der Waals surface area contributed by atoms with E-state index in [-0.39, 0.29) is 11.3 Å². The van der Waals surface area contributed by atoms with Gasteiger partial charge in [-0.25, -0.2) is 0 Å². The molecule has 1 atom stereocenters. The fourth-order valence-corrected chi connectivity index (χ4v) is 4.79. The van der Waals surface area contributed by atoms with Crippen molar-refractivity contribution >= 4 is 23.2 Å². The Hall–Kier alpha value is -2.80. The molecule has 3 aromatic rings. The van der Waals surface area contributed by atoms with Gasteiger partial charge in [0.2, 0.25) is 0 Å². The van der Waals surface area contributed by atoms with Gasteiger partial charge >= 0.3 is 0 Å². The first-order chi connectivity index (χ1) is 13.7. The lowest BCUT2D eigenvalue weighted by atomic mass is 10.1. The van der Waals surface area contributed by atoms with Crippen LogP contribution in [0.1, 0.15) is 21.3 Å². The summed E-state index contributed by atoms with van der Waals surface area (Å²) < 4.78 is 18.4. The van der Waals surface area contributed by atoms with Crippen molar-refractivity contribution in [1.82, 2.24) is 9.30 Å². The normalized spacial score (nSPS) is 16.4. The number of ether oxygens (including phenoxy) is 3. The molecule has 0 spiro atoms. The van der Waals surface area contributed by atoms with Gasteiger partial charge in [-0.15, -0.1) is 11.8 Å². The number of nitrogens with zero attached hydrogens (tertiary/aromatic N) is 2. The van der Waals surface area contributed by atoms with Crippen molar-refractivity contribution in [3.05, 3.63) is 59.9 Å². The Morgan fingerprint density at radius 1 is 1.04 bits per heavy atom. The van der Waals surface area contributed by atoms with Crippen LogP contribution >= 0.6 is 11.8 Å². The number of hydrogen-bond acceptors (Lipinski definition) is 5. The maximum absolute atomic E-state index is 13.3. The first kappa shape index (κ1) is 18.6. The first-order valence-electron chi connectivity index (χ1n) is 8.95. The van der Waals surface area contributed by atoms with Gasteiger partial charge in [0.1, 0.15) is 11.1 Å². The van der Waals surface area contributed by atoms with Gasteiger partial charge in [0.15, 0.2) is 11.5 Å². The average Bonchev–Trinajstić information content (AvgIpc) is 3.39. The number of rotatable bonds is 5. The number of hydrogen-bond donors (Lipinski definition) is 0. The van der Waals surface area contributed by atoms with Crippen LogP contribution in [0, 0.1) is 0 Å². The molecule has 1 unspecified atom stereocenters. The second kappa shape index (κ2) is 7.67. The molecule has 1 amide bonds. The molecular weight excluding hydrogens is 376 g/mol. The Labute approximate surface area is 168 Å². The number of fused-ring (bicyclic) bond motifs is 1. The van der Waals surface area contributed by atoms with Crippen LogP contribution < -0.4 is 14.2 Å². The van der Waals surface area contributed by atoms with Crippen molar-refractivity contribution in [3.63, 3.8) is 0 Å². The molecule has 0 radical (unpaired) electrons. The Kier molecular flexibility index (Phi) is 5.09. The third-order valence-electron chi connectivity index (χ3n) is 4.91. The second-order valence-electron chi connectivity index (χ2n) is 6.43. The molecule has 1 aliphatic heterocycles. The molecule has 0 N–H and O–H groups in total. The number of carbonyl (C=O) groups excluding carboxylic acids is 1. The number of carbonyl (C=O) groups is 1. The van der Waals surface area contributed by atoms with Gasteiger partial charge in [-0.2, -0.15) is 0 Å². The van der Waals surface area contributed by atoms with Crippen molar-refractivity contribution in [2.75, 3.05) is 33.6 Å². The van der Waals surface area contributed by atoms with E-state index in [0.717, 1.165) is 16.8 Å². The predicted molar refractivity (Wildman–Crippen MR) is 110 cm³/mol. The van der Waals surface area contributed by atoms with E-state index in [1.807, 2.05) is 58.1 Å². The summed E-state index contributed by atoms with van der Waals surface area (Å²) in [7, 11) is 4.82. The summed E-state index contributed by atoms with van der Waals surface area (Å²) in [6, 6.07) is 11.5. The van der Waals surface area contributed by atoms with E-state index in [4.69, 9.17) is 14.2 Å². The SMILES string of the molecule is COc1cc(OC)c(C2SCCN2C(=O)c2cc3ccccn3c2)cc1OC. The zero-order valence-corrected chi connectivity index (χ0v) is 16.9. The molecule has 146 valence electrons. The summed E-state index contributed by atoms with van der Waals surface area (Å²) >= 11 is 1.72. The molecular formula is C21H22N2O4S. The minimum atomic E-state index is -0.148. The van der Waals surface area contributed by atoms with E-state index in [1.165, 1.54) is 0 Å². The van der Waals surface area contributed by atoms with Crippen LogP contribution in [0.5, 0.6) is 17.2 Å². The van der Waals surface area contributed by atoms with Crippen molar-refractivity contribution in [3.8, 4) is 17.2 Å². The van der Waals surface area contributed by atoms with Gasteiger partial charge in [-0.1, -0.05) is 6.07 Å². The van der Waals surface area contributed by atoms with Crippen LogP contribution in [-0.2, 0) is 0 Å². The lowest BCUT2D eigenvalue weighted by Gasteiger charge is -2.26. The Morgan fingerprint density at radius 2 is 1.79 bits per heavy atom. The van der Waals surface area contributed by atoms with Crippen LogP contribution in [0.3, 0.4) is 0 Å². The highest BCUT2D eigenvalue weighted by Gasteiger charge is 2.34. The maximum Gasteiger partial charge on any atom is 0.256 e. The van der Waals surface area contributed by atoms with Gasteiger partial charge in [0.25, 0.3) is 5.91 Å². The lowest BCUT2D eigenvalue weighted by molar-refractivity contribution is 0.0759. The monoisotopic (exact) mass is 398 g/mol. The molecule has 1 saturated heterocycles. The summed E-state index contributed by atoms with van der Waals surface area (Å²) in [5.41, 5.74) is 2.58. The largest absolute Gasteiger partial charge is 0.496 e. The Balaban J connectivity index is 1.71. The third kappa shape index (κ3) is 3.16. The number of amides is 1. The smallest absolute Gasteiger partial charge is 0.256 e. The molecule has 6 nitrogen and oxygen atoms in total. The van der Waals surface area contributed by atoms with Crippen molar-refractivity contribution in [2.45, 2.75) is 5.37 Å². The van der Waals surface area contributed by atoms with E-state index >= 15 is 0 Å². The van der Waals surface area contributed by atoms with Gasteiger partial charge < -0.3 is 23.5 Å². The van der Waals surface area contributed by atoms with Gasteiger partial charge in [0, 0.05) is 41.8 Å². The summed E-state index contributed by atoms with van der Waals surface area (Å²) in [5.74, 6) is 2.77. The molecule has 7 heteroatoms. The van der Waals surface area contributed by atoms with E-state index in [2.05, 4.69) is 0 Å². The highest BCUT2D eigenvalue weighted by atomic mass is 32.2. The maximum atomic E-state index is 13.3. The predicted octanol–water partition coefficient (Wildman–Crippen LogP) is 3.85. The first-order valence-corrected chi connectivity index (χ1v) is 10.0. The van der Waals surface area contributed by atoms with Crippen LogP contribution in [0.4, 0.5) is 0 Å². The molecule has 1 aromatic carbocycles. The summed E-state index contributed by atoms with van der Waals surface area (Å²) in [5, 5.41) is -0.148. The topological polar surface area (TPSA) is 52.4 Å². The van der Waals surface area contributed by atoms with E-state index in [1.54, 1.807) is 33.1 Å². The highest BCUT2D eigenvalue weighted by molar-refractivity contribution is 7.99. The number of aromatic nitrogens is 1. The second-order valence-corrected chi connectivity index (χ2v) is 7.62. The van der Waals surface area contributed by atoms with Gasteiger partial charge in [-0.3, -0.25) is 4.79 Å². The fraction of sp³-hybridized carbons (Fsp3) is 0.286. The van der Waals surface area contributed by atoms with Crippen LogP contribution in [0.15, 0.2) is 48.8 Å². The summed E-state index contributed by atoms with van der Waals surface area (Å²) in [6.07, 6.45) is 3.82. The Bertz CT molecular complexity index is 984. The fourth-order valence-electron chi connectivity index (χ4n) is 3.52. The number of pyridine rings is 1. The van der Waals surface area contributed by atoms with E-state index in [9.17, 15) is 4.79 Å². The van der Waals surface area contributed by atoms with E-state index in [0.29, 0.717) is 29.4 Å². The summed E-state index contributed by atoms with van der Waals surface area (Å²) in [4.78, 5) is 15.2. The molecule has 0 saturated carbocycles. The number of thioether (sulfide) groups is 1. The molecule has 4 rings (SSSR count). The minimum absolute atomic E-state index is 0.00976. The quantitative estimate of drug-likeness (QED) is 0.653. The zero-order chi connectivity index (χ0) is 19.7. The minimum Gasteiger partial charge on any atom is -0.496 e. The van der Waals surface area contributed by atoms with Crippen LogP contribution in [-0.4, -0.2) is 48.8 Å². The zero-order valence-electron chi connectivity index (χ0n) is 16.0. The van der Waals surface area contributed by atoms with Crippen molar-refractivity contribution < 1.29 is 19.0 Å². The average molecular weight is 398 g/mol. The Morgan fingerprint density at radius 3 is 2.50 bits per heavy atom. The van der Waals surface area contributed by atoms with Crippen LogP contribution in [0.2, 0.25) is 0 Å². The third-order valence-corrected chi connectivity index (χ3v) is 6.15. The standard InChI is InChI=1S/C21H22N2O4S/c1-25-17-12-19(27-3)18(26-2)11-16(17)21-23(8-9-28-21)20(24)14-10-15-6-4-5-7-22(15)13-14/h4-7,10-13,21H,8-9H2,1-3H3.